The van der Waals surface area contributed by atoms with E-state index in [4.69, 9.17) is 4.74 Å². The van der Waals surface area contributed by atoms with Gasteiger partial charge in [-0.1, -0.05) is 48.5 Å². The van der Waals surface area contributed by atoms with E-state index in [1.165, 1.54) is 12.1 Å². The molecule has 1 amide bonds. The molecule has 1 N–H and O–H groups in total. The van der Waals surface area contributed by atoms with Gasteiger partial charge in [0.05, 0.1) is 10.2 Å². The average Bonchev–Trinajstić information content (AvgIpc) is 2.63. The van der Waals surface area contributed by atoms with Crippen molar-refractivity contribution in [2.24, 2.45) is 0 Å². The third kappa shape index (κ3) is 4.45. The van der Waals surface area contributed by atoms with E-state index in [1.54, 1.807) is 18.2 Å². The highest BCUT2D eigenvalue weighted by molar-refractivity contribution is 9.10. The van der Waals surface area contributed by atoms with Gasteiger partial charge in [-0.2, -0.15) is 0 Å². The van der Waals surface area contributed by atoms with Gasteiger partial charge in [0.2, 0.25) is 0 Å². The van der Waals surface area contributed by atoms with E-state index in [9.17, 15) is 9.18 Å². The zero-order valence-corrected chi connectivity index (χ0v) is 14.8. The highest BCUT2D eigenvalue weighted by Gasteiger charge is 2.09. The largest absolute Gasteiger partial charge is 0.483 e. The topological polar surface area (TPSA) is 38.3 Å². The van der Waals surface area contributed by atoms with Gasteiger partial charge < -0.3 is 10.1 Å². The van der Waals surface area contributed by atoms with Crippen molar-refractivity contribution in [2.75, 3.05) is 11.9 Å². The molecular weight excluding hydrogens is 385 g/mol. The van der Waals surface area contributed by atoms with Crippen LogP contribution in [0.5, 0.6) is 5.75 Å². The summed E-state index contributed by atoms with van der Waals surface area (Å²) in [4.78, 5) is 11.9. The number of carbonyl (C=O) groups excluding carboxylic acids is 1. The minimum absolute atomic E-state index is 0.134. The molecule has 3 aromatic rings. The van der Waals surface area contributed by atoms with Gasteiger partial charge >= 0.3 is 0 Å². The van der Waals surface area contributed by atoms with Crippen molar-refractivity contribution in [3.63, 3.8) is 0 Å². The van der Waals surface area contributed by atoms with Crippen LogP contribution in [0.3, 0.4) is 0 Å². The lowest BCUT2D eigenvalue weighted by Crippen LogP contribution is -2.20. The molecule has 0 aromatic heterocycles. The first-order valence-corrected chi connectivity index (χ1v) is 8.45. The third-order valence-corrected chi connectivity index (χ3v) is 4.17. The first-order chi connectivity index (χ1) is 12.1. The van der Waals surface area contributed by atoms with Crippen molar-refractivity contribution < 1.29 is 13.9 Å². The average molecular weight is 400 g/mol. The van der Waals surface area contributed by atoms with Crippen LogP contribution in [0.25, 0.3) is 11.1 Å². The van der Waals surface area contributed by atoms with Crippen LogP contribution in [0.4, 0.5) is 10.1 Å². The Labute approximate surface area is 153 Å². The maximum absolute atomic E-state index is 13.5. The number of anilines is 1. The smallest absolute Gasteiger partial charge is 0.262 e. The first kappa shape index (κ1) is 17.2. The molecule has 0 aliphatic carbocycles. The van der Waals surface area contributed by atoms with E-state index in [2.05, 4.69) is 21.2 Å². The van der Waals surface area contributed by atoms with Gasteiger partial charge in [0, 0.05) is 0 Å². The summed E-state index contributed by atoms with van der Waals surface area (Å²) in [6.07, 6.45) is 0. The second-order valence-corrected chi connectivity index (χ2v) is 6.18. The number of ether oxygens (including phenoxy) is 1. The molecule has 0 aliphatic heterocycles. The summed E-state index contributed by atoms with van der Waals surface area (Å²) in [6.45, 7) is -0.211. The van der Waals surface area contributed by atoms with Crippen LogP contribution in [0.2, 0.25) is 0 Å². The number of rotatable bonds is 5. The van der Waals surface area contributed by atoms with Crippen molar-refractivity contribution in [3.05, 3.63) is 83.1 Å². The summed E-state index contributed by atoms with van der Waals surface area (Å²) in [5, 5.41) is 2.48. The predicted molar refractivity (Wildman–Crippen MR) is 100 cm³/mol. The SMILES string of the molecule is O=C(COc1ccc(-c2ccccc2)cc1Br)Nc1ccccc1F. The maximum Gasteiger partial charge on any atom is 0.262 e. The quantitative estimate of drug-likeness (QED) is 0.634. The normalized spacial score (nSPS) is 10.3. The summed E-state index contributed by atoms with van der Waals surface area (Å²) < 4.78 is 19.8. The van der Waals surface area contributed by atoms with Gasteiger partial charge in [-0.3, -0.25) is 4.79 Å². The lowest BCUT2D eigenvalue weighted by atomic mass is 10.1. The Morgan fingerprint density at radius 2 is 1.68 bits per heavy atom. The van der Waals surface area contributed by atoms with Crippen LogP contribution in [0.15, 0.2) is 77.3 Å². The fourth-order valence-electron chi connectivity index (χ4n) is 2.32. The number of halogens is 2. The number of carbonyl (C=O) groups is 1. The van der Waals surface area contributed by atoms with Crippen molar-refractivity contribution in [1.29, 1.82) is 0 Å². The zero-order valence-electron chi connectivity index (χ0n) is 13.2. The number of nitrogens with one attached hydrogen (secondary N) is 1. The molecule has 126 valence electrons. The van der Waals surface area contributed by atoms with Gasteiger partial charge in [0.1, 0.15) is 11.6 Å². The molecule has 3 aromatic carbocycles. The first-order valence-electron chi connectivity index (χ1n) is 7.65. The van der Waals surface area contributed by atoms with Crippen LogP contribution in [-0.2, 0) is 4.79 Å². The predicted octanol–water partition coefficient (Wildman–Crippen LogP) is 5.27. The van der Waals surface area contributed by atoms with Gasteiger partial charge in [0.15, 0.2) is 6.61 Å². The summed E-state index contributed by atoms with van der Waals surface area (Å²) >= 11 is 3.46. The lowest BCUT2D eigenvalue weighted by Gasteiger charge is -2.11. The highest BCUT2D eigenvalue weighted by atomic mass is 79.9. The molecule has 0 aliphatic rings. The third-order valence-electron chi connectivity index (χ3n) is 3.55. The molecule has 0 spiro atoms. The second kappa shape index (κ2) is 7.94. The van der Waals surface area contributed by atoms with E-state index in [-0.39, 0.29) is 12.3 Å². The molecule has 0 saturated carbocycles. The van der Waals surface area contributed by atoms with Crippen molar-refractivity contribution in [2.45, 2.75) is 0 Å². The summed E-state index contributed by atoms with van der Waals surface area (Å²) in [5.41, 5.74) is 2.26. The second-order valence-electron chi connectivity index (χ2n) is 5.33. The van der Waals surface area contributed by atoms with Crippen LogP contribution in [0.1, 0.15) is 0 Å². The molecule has 3 rings (SSSR count). The Hall–Kier alpha value is -2.66. The van der Waals surface area contributed by atoms with Gasteiger partial charge in [0.25, 0.3) is 5.91 Å². The number of benzene rings is 3. The fourth-order valence-corrected chi connectivity index (χ4v) is 2.81. The highest BCUT2D eigenvalue weighted by Crippen LogP contribution is 2.30. The lowest BCUT2D eigenvalue weighted by molar-refractivity contribution is -0.118. The Morgan fingerprint density at radius 1 is 0.960 bits per heavy atom. The molecule has 25 heavy (non-hydrogen) atoms. The molecular formula is C20H15BrFNO2. The Morgan fingerprint density at radius 3 is 2.40 bits per heavy atom. The number of hydrogen-bond donors (Lipinski definition) is 1. The van der Waals surface area contributed by atoms with Gasteiger partial charge in [-0.05, 0) is 51.3 Å². The van der Waals surface area contributed by atoms with Crippen LogP contribution < -0.4 is 10.1 Å². The molecule has 0 heterocycles. The molecule has 0 bridgehead atoms. The minimum atomic E-state index is -0.482. The van der Waals surface area contributed by atoms with Crippen molar-refractivity contribution >= 4 is 27.5 Å². The van der Waals surface area contributed by atoms with Crippen LogP contribution >= 0.6 is 15.9 Å². The standard InChI is InChI=1S/C20H15BrFNO2/c21-16-12-15(14-6-2-1-3-7-14)10-11-19(16)25-13-20(24)23-18-9-5-4-8-17(18)22/h1-12H,13H2,(H,23,24). The molecule has 0 unspecified atom stereocenters. The van der Waals surface area contributed by atoms with E-state index < -0.39 is 11.7 Å². The maximum atomic E-state index is 13.5. The fraction of sp³-hybridized carbons (Fsp3) is 0.0500. The molecule has 0 fully saturated rings. The number of para-hydroxylation sites is 1. The van der Waals surface area contributed by atoms with E-state index >= 15 is 0 Å². The zero-order chi connectivity index (χ0) is 17.6. The molecule has 0 atom stereocenters. The Bertz CT molecular complexity index is 884. The monoisotopic (exact) mass is 399 g/mol. The Kier molecular flexibility index (Phi) is 5.46. The number of amides is 1. The number of hydrogen-bond acceptors (Lipinski definition) is 2. The van der Waals surface area contributed by atoms with Crippen molar-refractivity contribution in [3.8, 4) is 16.9 Å². The summed E-state index contributed by atoms with van der Waals surface area (Å²) in [7, 11) is 0. The molecule has 5 heteroatoms. The molecule has 3 nitrogen and oxygen atoms in total. The summed E-state index contributed by atoms with van der Waals surface area (Å²) in [5.74, 6) is -0.364. The van der Waals surface area contributed by atoms with E-state index in [0.717, 1.165) is 15.6 Å². The molecule has 0 saturated heterocycles. The van der Waals surface area contributed by atoms with Gasteiger partial charge in [-0.25, -0.2) is 4.39 Å². The summed E-state index contributed by atoms with van der Waals surface area (Å²) in [6, 6.07) is 21.6. The Balaban J connectivity index is 1.63. The van der Waals surface area contributed by atoms with Gasteiger partial charge in [-0.15, -0.1) is 0 Å². The van der Waals surface area contributed by atoms with Crippen LogP contribution in [-0.4, -0.2) is 12.5 Å². The van der Waals surface area contributed by atoms with E-state index in [1.807, 2.05) is 42.5 Å². The minimum Gasteiger partial charge on any atom is -0.483 e. The van der Waals surface area contributed by atoms with E-state index in [0.29, 0.717) is 5.75 Å². The molecule has 0 radical (unpaired) electrons. The van der Waals surface area contributed by atoms with Crippen LogP contribution in [0, 0.1) is 5.82 Å². The van der Waals surface area contributed by atoms with Crippen molar-refractivity contribution in [1.82, 2.24) is 0 Å².